The van der Waals surface area contributed by atoms with E-state index in [2.05, 4.69) is 6.92 Å². The summed E-state index contributed by atoms with van der Waals surface area (Å²) in [6.45, 7) is 2.11. The van der Waals surface area contributed by atoms with Gasteiger partial charge in [0.15, 0.2) is 5.78 Å². The molecule has 0 unspecified atom stereocenters. The standard InChI is InChI=1S/C16H16FNO/c1-2-3-11-4-6-12(7-5-11)16(19)13-8-9-15(18)14(17)10-13/h4-10H,2-3,18H2,1H3. The summed E-state index contributed by atoms with van der Waals surface area (Å²) in [5, 5.41) is 0. The van der Waals surface area contributed by atoms with Gasteiger partial charge in [-0.05, 0) is 30.2 Å². The molecule has 2 N–H and O–H groups in total. The second-order valence-electron chi connectivity index (χ2n) is 4.51. The minimum Gasteiger partial charge on any atom is -0.396 e. The highest BCUT2D eigenvalue weighted by atomic mass is 19.1. The van der Waals surface area contributed by atoms with E-state index in [0.717, 1.165) is 12.8 Å². The number of aryl methyl sites for hydroxylation is 1. The number of hydrogen-bond acceptors (Lipinski definition) is 2. The van der Waals surface area contributed by atoms with E-state index in [9.17, 15) is 9.18 Å². The van der Waals surface area contributed by atoms with E-state index < -0.39 is 5.82 Å². The van der Waals surface area contributed by atoms with Crippen molar-refractivity contribution >= 4 is 11.5 Å². The minimum absolute atomic E-state index is 0.0508. The maximum atomic E-state index is 13.3. The summed E-state index contributed by atoms with van der Waals surface area (Å²) >= 11 is 0. The van der Waals surface area contributed by atoms with Gasteiger partial charge in [-0.15, -0.1) is 0 Å². The van der Waals surface area contributed by atoms with Crippen LogP contribution in [0, 0.1) is 5.82 Å². The monoisotopic (exact) mass is 257 g/mol. The third kappa shape index (κ3) is 2.99. The lowest BCUT2D eigenvalue weighted by Gasteiger charge is -2.04. The number of carbonyl (C=O) groups excluding carboxylic acids is 1. The first-order chi connectivity index (χ1) is 9.11. The van der Waals surface area contributed by atoms with Crippen LogP contribution in [-0.2, 0) is 6.42 Å². The molecule has 0 aliphatic heterocycles. The number of halogens is 1. The summed E-state index contributed by atoms with van der Waals surface area (Å²) in [5.41, 5.74) is 7.52. The molecular weight excluding hydrogens is 241 g/mol. The third-order valence-electron chi connectivity index (χ3n) is 3.02. The number of rotatable bonds is 4. The molecule has 0 amide bonds. The lowest BCUT2D eigenvalue weighted by atomic mass is 10.0. The summed E-state index contributed by atoms with van der Waals surface area (Å²) in [6, 6.07) is 11.6. The van der Waals surface area contributed by atoms with Gasteiger partial charge in [-0.1, -0.05) is 37.6 Å². The molecule has 0 atom stereocenters. The SMILES string of the molecule is CCCc1ccc(C(=O)c2ccc(N)c(F)c2)cc1. The predicted octanol–water partition coefficient (Wildman–Crippen LogP) is 3.59. The van der Waals surface area contributed by atoms with Crippen LogP contribution in [0.25, 0.3) is 0 Å². The Morgan fingerprint density at radius 2 is 1.74 bits per heavy atom. The molecule has 3 heteroatoms. The lowest BCUT2D eigenvalue weighted by Crippen LogP contribution is -2.03. The molecule has 2 rings (SSSR count). The number of anilines is 1. The number of nitrogens with two attached hydrogens (primary N) is 1. The summed E-state index contributed by atoms with van der Waals surface area (Å²) in [6.07, 6.45) is 2.06. The van der Waals surface area contributed by atoms with Gasteiger partial charge in [0, 0.05) is 11.1 Å². The molecule has 2 nitrogen and oxygen atoms in total. The highest BCUT2D eigenvalue weighted by molar-refractivity contribution is 6.09. The number of nitrogen functional groups attached to an aromatic ring is 1. The minimum atomic E-state index is -0.562. The Labute approximate surface area is 112 Å². The van der Waals surface area contributed by atoms with Crippen molar-refractivity contribution in [1.29, 1.82) is 0 Å². The molecule has 0 saturated carbocycles. The molecule has 98 valence electrons. The van der Waals surface area contributed by atoms with E-state index >= 15 is 0 Å². The van der Waals surface area contributed by atoms with E-state index in [1.807, 2.05) is 12.1 Å². The summed E-state index contributed by atoms with van der Waals surface area (Å²) in [4.78, 5) is 12.2. The zero-order valence-electron chi connectivity index (χ0n) is 10.8. The topological polar surface area (TPSA) is 43.1 Å². The van der Waals surface area contributed by atoms with E-state index in [0.29, 0.717) is 11.1 Å². The van der Waals surface area contributed by atoms with Crippen molar-refractivity contribution in [3.8, 4) is 0 Å². The average Bonchev–Trinajstić information content (AvgIpc) is 2.42. The molecule has 0 aromatic heterocycles. The van der Waals surface area contributed by atoms with Crippen LogP contribution >= 0.6 is 0 Å². The van der Waals surface area contributed by atoms with E-state index in [1.165, 1.54) is 17.7 Å². The normalized spacial score (nSPS) is 10.4. The largest absolute Gasteiger partial charge is 0.396 e. The van der Waals surface area contributed by atoms with Crippen LogP contribution in [0.3, 0.4) is 0 Å². The highest BCUT2D eigenvalue weighted by Gasteiger charge is 2.10. The van der Waals surface area contributed by atoms with Crippen LogP contribution in [0.2, 0.25) is 0 Å². The van der Waals surface area contributed by atoms with Gasteiger partial charge in [0.2, 0.25) is 0 Å². The van der Waals surface area contributed by atoms with Crippen LogP contribution in [0.15, 0.2) is 42.5 Å². The van der Waals surface area contributed by atoms with Gasteiger partial charge in [-0.25, -0.2) is 4.39 Å². The van der Waals surface area contributed by atoms with E-state index in [4.69, 9.17) is 5.73 Å². The molecule has 0 saturated heterocycles. The summed E-state index contributed by atoms with van der Waals surface area (Å²) in [7, 11) is 0. The van der Waals surface area contributed by atoms with Gasteiger partial charge in [0.1, 0.15) is 5.82 Å². The molecule has 0 spiro atoms. The molecular formula is C16H16FNO. The Morgan fingerprint density at radius 1 is 1.11 bits per heavy atom. The lowest BCUT2D eigenvalue weighted by molar-refractivity contribution is 0.103. The Bertz CT molecular complexity index is 590. The Kier molecular flexibility index (Phi) is 3.95. The zero-order chi connectivity index (χ0) is 13.8. The number of carbonyl (C=O) groups is 1. The van der Waals surface area contributed by atoms with Gasteiger partial charge < -0.3 is 5.73 Å². The molecule has 0 fully saturated rings. The summed E-state index contributed by atoms with van der Waals surface area (Å²) < 4.78 is 13.3. The van der Waals surface area contributed by atoms with Crippen molar-refractivity contribution in [2.75, 3.05) is 5.73 Å². The van der Waals surface area contributed by atoms with Gasteiger partial charge in [-0.2, -0.15) is 0 Å². The van der Waals surface area contributed by atoms with Crippen molar-refractivity contribution in [3.63, 3.8) is 0 Å². The fourth-order valence-electron chi connectivity index (χ4n) is 1.95. The van der Waals surface area contributed by atoms with Crippen molar-refractivity contribution in [3.05, 3.63) is 65.0 Å². The molecule has 0 aliphatic rings. The van der Waals surface area contributed by atoms with Crippen LogP contribution in [-0.4, -0.2) is 5.78 Å². The first-order valence-electron chi connectivity index (χ1n) is 6.30. The van der Waals surface area contributed by atoms with Crippen LogP contribution in [0.4, 0.5) is 10.1 Å². The quantitative estimate of drug-likeness (QED) is 0.672. The molecule has 0 bridgehead atoms. The second kappa shape index (κ2) is 5.65. The Morgan fingerprint density at radius 3 is 2.32 bits per heavy atom. The van der Waals surface area contributed by atoms with Crippen molar-refractivity contribution in [2.45, 2.75) is 19.8 Å². The second-order valence-corrected chi connectivity index (χ2v) is 4.51. The molecule has 0 heterocycles. The fraction of sp³-hybridized carbons (Fsp3) is 0.188. The van der Waals surface area contributed by atoms with Crippen LogP contribution < -0.4 is 5.73 Å². The summed E-state index contributed by atoms with van der Waals surface area (Å²) in [5.74, 6) is -0.754. The molecule has 19 heavy (non-hydrogen) atoms. The fourth-order valence-corrected chi connectivity index (χ4v) is 1.95. The molecule has 0 radical (unpaired) electrons. The average molecular weight is 257 g/mol. The zero-order valence-corrected chi connectivity index (χ0v) is 10.8. The molecule has 0 aliphatic carbocycles. The van der Waals surface area contributed by atoms with Crippen LogP contribution in [0.1, 0.15) is 34.8 Å². The molecule has 2 aromatic rings. The third-order valence-corrected chi connectivity index (χ3v) is 3.02. The van der Waals surface area contributed by atoms with Crippen LogP contribution in [0.5, 0.6) is 0 Å². The first-order valence-corrected chi connectivity index (χ1v) is 6.30. The predicted molar refractivity (Wildman–Crippen MR) is 74.7 cm³/mol. The number of ketones is 1. The smallest absolute Gasteiger partial charge is 0.193 e. The van der Waals surface area contributed by atoms with Gasteiger partial charge in [0.25, 0.3) is 0 Å². The van der Waals surface area contributed by atoms with Crippen molar-refractivity contribution < 1.29 is 9.18 Å². The number of benzene rings is 2. The van der Waals surface area contributed by atoms with Gasteiger partial charge >= 0.3 is 0 Å². The highest BCUT2D eigenvalue weighted by Crippen LogP contribution is 2.16. The Hall–Kier alpha value is -2.16. The maximum Gasteiger partial charge on any atom is 0.193 e. The Balaban J connectivity index is 2.25. The van der Waals surface area contributed by atoms with Gasteiger partial charge in [0.05, 0.1) is 5.69 Å². The van der Waals surface area contributed by atoms with Crippen molar-refractivity contribution in [1.82, 2.24) is 0 Å². The first kappa shape index (κ1) is 13.3. The molecule has 2 aromatic carbocycles. The van der Waals surface area contributed by atoms with E-state index in [-0.39, 0.29) is 11.5 Å². The van der Waals surface area contributed by atoms with Gasteiger partial charge in [-0.3, -0.25) is 4.79 Å². The van der Waals surface area contributed by atoms with E-state index in [1.54, 1.807) is 18.2 Å². The number of hydrogen-bond donors (Lipinski definition) is 1. The van der Waals surface area contributed by atoms with Crippen molar-refractivity contribution in [2.24, 2.45) is 0 Å². The maximum absolute atomic E-state index is 13.3.